The zero-order valence-electron chi connectivity index (χ0n) is 11.5. The molecule has 0 bridgehead atoms. The molecule has 0 unspecified atom stereocenters. The molecule has 0 aromatic heterocycles. The van der Waals surface area contributed by atoms with Gasteiger partial charge in [-0.15, -0.1) is 0 Å². The van der Waals surface area contributed by atoms with Crippen molar-refractivity contribution in [1.82, 2.24) is 4.90 Å². The van der Waals surface area contributed by atoms with E-state index in [1.165, 1.54) is 6.07 Å². The Balaban J connectivity index is 2.08. The van der Waals surface area contributed by atoms with Gasteiger partial charge < -0.3 is 5.11 Å². The highest BCUT2D eigenvalue weighted by Crippen LogP contribution is 2.21. The van der Waals surface area contributed by atoms with E-state index in [0.717, 1.165) is 16.1 Å². The summed E-state index contributed by atoms with van der Waals surface area (Å²) in [6, 6.07) is 12.5. The van der Waals surface area contributed by atoms with Gasteiger partial charge in [0.15, 0.2) is 0 Å². The second-order valence-corrected chi connectivity index (χ2v) is 5.69. The molecule has 2 aromatic rings. The smallest absolute Gasteiger partial charge is 0.335 e. The molecule has 2 rings (SSSR count). The van der Waals surface area contributed by atoms with Crippen molar-refractivity contribution in [3.63, 3.8) is 0 Å². The van der Waals surface area contributed by atoms with Gasteiger partial charge in [-0.25, -0.2) is 4.79 Å². The molecule has 0 aliphatic carbocycles. The average Bonchev–Trinajstić information content (AvgIpc) is 2.43. The fourth-order valence-corrected chi connectivity index (χ4v) is 2.51. The molecule has 3 nitrogen and oxygen atoms in total. The van der Waals surface area contributed by atoms with E-state index in [0.29, 0.717) is 18.1 Å². The third-order valence-corrected chi connectivity index (χ3v) is 3.86. The number of benzene rings is 2. The van der Waals surface area contributed by atoms with Gasteiger partial charge >= 0.3 is 5.97 Å². The van der Waals surface area contributed by atoms with E-state index >= 15 is 0 Å². The van der Waals surface area contributed by atoms with Gasteiger partial charge in [-0.3, -0.25) is 4.90 Å². The van der Waals surface area contributed by atoms with E-state index in [4.69, 9.17) is 28.3 Å². The Hall–Kier alpha value is -1.55. The van der Waals surface area contributed by atoms with Gasteiger partial charge in [0.1, 0.15) is 0 Å². The van der Waals surface area contributed by atoms with Crippen LogP contribution < -0.4 is 0 Å². The Morgan fingerprint density at radius 3 is 2.24 bits per heavy atom. The zero-order chi connectivity index (χ0) is 15.4. The number of hydrogen-bond donors (Lipinski definition) is 1. The molecule has 0 aliphatic rings. The van der Waals surface area contributed by atoms with Gasteiger partial charge in [0, 0.05) is 23.1 Å². The lowest BCUT2D eigenvalue weighted by atomic mass is 10.1. The van der Waals surface area contributed by atoms with E-state index in [1.807, 2.05) is 31.3 Å². The lowest BCUT2D eigenvalue weighted by Gasteiger charge is -2.18. The summed E-state index contributed by atoms with van der Waals surface area (Å²) in [5.74, 6) is -0.979. The third-order valence-electron chi connectivity index (χ3n) is 3.14. The van der Waals surface area contributed by atoms with Gasteiger partial charge in [0.25, 0.3) is 0 Å². The second kappa shape index (κ2) is 6.94. The number of carboxylic acid groups (broad SMARTS) is 1. The normalized spacial score (nSPS) is 10.9. The third kappa shape index (κ3) is 4.21. The van der Waals surface area contributed by atoms with Crippen molar-refractivity contribution in [1.29, 1.82) is 0 Å². The molecule has 0 atom stereocenters. The number of carboxylic acids is 1. The predicted molar refractivity (Wildman–Crippen MR) is 85.0 cm³/mol. The van der Waals surface area contributed by atoms with E-state index < -0.39 is 5.97 Å². The lowest BCUT2D eigenvalue weighted by molar-refractivity contribution is 0.0697. The van der Waals surface area contributed by atoms with E-state index in [-0.39, 0.29) is 5.56 Å². The van der Waals surface area contributed by atoms with Crippen LogP contribution in [0.1, 0.15) is 21.5 Å². The van der Waals surface area contributed by atoms with Crippen molar-refractivity contribution in [2.24, 2.45) is 0 Å². The highest BCUT2D eigenvalue weighted by Gasteiger charge is 2.10. The zero-order valence-corrected chi connectivity index (χ0v) is 13.0. The quantitative estimate of drug-likeness (QED) is 0.890. The molecule has 0 saturated heterocycles. The first-order valence-electron chi connectivity index (χ1n) is 6.41. The van der Waals surface area contributed by atoms with Crippen molar-refractivity contribution in [3.05, 3.63) is 69.2 Å². The molecule has 0 amide bonds. The minimum absolute atomic E-state index is 0.192. The van der Waals surface area contributed by atoms with Crippen LogP contribution in [0.15, 0.2) is 42.5 Å². The maximum Gasteiger partial charge on any atom is 0.335 e. The summed E-state index contributed by atoms with van der Waals surface area (Å²) in [7, 11) is 1.96. The van der Waals surface area contributed by atoms with Crippen LogP contribution in [0.25, 0.3) is 0 Å². The monoisotopic (exact) mass is 323 g/mol. The van der Waals surface area contributed by atoms with Crippen LogP contribution in [0.5, 0.6) is 0 Å². The highest BCUT2D eigenvalue weighted by atomic mass is 35.5. The van der Waals surface area contributed by atoms with Gasteiger partial charge in [-0.1, -0.05) is 47.5 Å². The molecule has 0 heterocycles. The molecule has 1 N–H and O–H groups in total. The Kier molecular flexibility index (Phi) is 5.23. The summed E-state index contributed by atoms with van der Waals surface area (Å²) in [5.41, 5.74) is 2.12. The van der Waals surface area contributed by atoms with Crippen LogP contribution >= 0.6 is 23.2 Å². The first kappa shape index (κ1) is 15.8. The number of halogens is 2. The van der Waals surface area contributed by atoms with Crippen molar-refractivity contribution < 1.29 is 9.90 Å². The average molecular weight is 324 g/mol. The van der Waals surface area contributed by atoms with Crippen molar-refractivity contribution >= 4 is 29.2 Å². The van der Waals surface area contributed by atoms with Crippen LogP contribution in [0.2, 0.25) is 10.0 Å². The van der Waals surface area contributed by atoms with Crippen molar-refractivity contribution in [3.8, 4) is 0 Å². The first-order valence-corrected chi connectivity index (χ1v) is 7.16. The van der Waals surface area contributed by atoms with E-state index in [2.05, 4.69) is 4.90 Å². The Morgan fingerprint density at radius 1 is 1.05 bits per heavy atom. The van der Waals surface area contributed by atoms with Crippen LogP contribution in [-0.2, 0) is 13.1 Å². The molecule has 0 radical (unpaired) electrons. The number of carbonyl (C=O) groups is 1. The molecule has 0 spiro atoms. The number of rotatable bonds is 5. The highest BCUT2D eigenvalue weighted by molar-refractivity contribution is 6.31. The van der Waals surface area contributed by atoms with Crippen molar-refractivity contribution in [2.75, 3.05) is 7.05 Å². The molecule has 0 saturated carbocycles. The summed E-state index contributed by atoms with van der Waals surface area (Å²) in [5, 5.41) is 10.1. The van der Waals surface area contributed by atoms with Crippen LogP contribution in [0.4, 0.5) is 0 Å². The van der Waals surface area contributed by atoms with E-state index in [1.54, 1.807) is 12.1 Å². The van der Waals surface area contributed by atoms with Gasteiger partial charge in [-0.2, -0.15) is 0 Å². The van der Waals surface area contributed by atoms with Gasteiger partial charge in [0.2, 0.25) is 0 Å². The predicted octanol–water partition coefficient (Wildman–Crippen LogP) is 4.32. The van der Waals surface area contributed by atoms with Crippen LogP contribution in [0.3, 0.4) is 0 Å². The number of nitrogens with zero attached hydrogens (tertiary/aromatic N) is 1. The SMILES string of the molecule is CN(Cc1ccccc1Cl)Cc1ccc(C(=O)O)cc1Cl. The maximum absolute atomic E-state index is 10.9. The molecule has 0 fully saturated rings. The molecular weight excluding hydrogens is 309 g/mol. The summed E-state index contributed by atoms with van der Waals surface area (Å²) >= 11 is 12.3. The van der Waals surface area contributed by atoms with Crippen molar-refractivity contribution in [2.45, 2.75) is 13.1 Å². The summed E-state index contributed by atoms with van der Waals surface area (Å²) in [6.45, 7) is 1.31. The molecule has 2 aromatic carbocycles. The Labute approximate surface area is 133 Å². The standard InChI is InChI=1S/C16H15Cl2NO2/c1-19(9-12-4-2-3-5-14(12)17)10-13-7-6-11(16(20)21)8-15(13)18/h2-8H,9-10H2,1H3,(H,20,21). The first-order chi connectivity index (χ1) is 9.97. The summed E-state index contributed by atoms with van der Waals surface area (Å²) in [4.78, 5) is 13.0. The minimum atomic E-state index is -0.979. The second-order valence-electron chi connectivity index (χ2n) is 4.88. The van der Waals surface area contributed by atoms with Gasteiger partial charge in [0.05, 0.1) is 5.56 Å². The lowest BCUT2D eigenvalue weighted by Crippen LogP contribution is -2.17. The van der Waals surface area contributed by atoms with Gasteiger partial charge in [-0.05, 0) is 36.4 Å². The summed E-state index contributed by atoms with van der Waals surface area (Å²) < 4.78 is 0. The fraction of sp³-hybridized carbons (Fsp3) is 0.188. The number of hydrogen-bond acceptors (Lipinski definition) is 2. The molecule has 0 aliphatic heterocycles. The molecule has 21 heavy (non-hydrogen) atoms. The van der Waals surface area contributed by atoms with E-state index in [9.17, 15) is 4.79 Å². The van der Waals surface area contributed by atoms with Crippen LogP contribution in [-0.4, -0.2) is 23.0 Å². The number of aromatic carboxylic acids is 1. The molecule has 5 heteroatoms. The topological polar surface area (TPSA) is 40.5 Å². The summed E-state index contributed by atoms with van der Waals surface area (Å²) in [6.07, 6.45) is 0. The Morgan fingerprint density at radius 2 is 1.67 bits per heavy atom. The fourth-order valence-electron chi connectivity index (χ4n) is 2.07. The van der Waals surface area contributed by atoms with Crippen LogP contribution in [0, 0.1) is 0 Å². The largest absolute Gasteiger partial charge is 0.478 e. The maximum atomic E-state index is 10.9. The minimum Gasteiger partial charge on any atom is -0.478 e. The molecular formula is C16H15Cl2NO2. The molecule has 110 valence electrons. The Bertz CT molecular complexity index is 658.